The molecule has 2 amide bonds. The Bertz CT molecular complexity index is 777. The number of para-hydroxylation sites is 2. The summed E-state index contributed by atoms with van der Waals surface area (Å²) < 4.78 is 10.8. The Morgan fingerprint density at radius 3 is 2.87 bits per heavy atom. The molecule has 23 heavy (non-hydrogen) atoms. The molecular formula is C16H15N3O4. The van der Waals surface area contributed by atoms with Gasteiger partial charge in [-0.1, -0.05) is 12.1 Å². The number of nitrogens with one attached hydrogen (secondary N) is 2. The molecule has 2 N–H and O–H groups in total. The summed E-state index contributed by atoms with van der Waals surface area (Å²) in [6.07, 6.45) is 1.53. The second-order valence-corrected chi connectivity index (χ2v) is 5.09. The Morgan fingerprint density at radius 2 is 2.09 bits per heavy atom. The molecule has 3 rings (SSSR count). The van der Waals surface area contributed by atoms with E-state index in [9.17, 15) is 9.59 Å². The summed E-state index contributed by atoms with van der Waals surface area (Å²) in [4.78, 5) is 28.9. The fraction of sp³-hybridized carbons (Fsp3) is 0.188. The maximum Gasteiger partial charge on any atom is 0.279 e. The number of nitrogens with zero attached hydrogens (tertiary/aromatic N) is 1. The van der Waals surface area contributed by atoms with Gasteiger partial charge in [0.15, 0.2) is 11.6 Å². The fourth-order valence-electron chi connectivity index (χ4n) is 2.20. The number of hydrogen-bond acceptors (Lipinski definition) is 5. The maximum absolute atomic E-state index is 12.6. The van der Waals surface area contributed by atoms with Gasteiger partial charge < -0.3 is 20.1 Å². The first kappa shape index (κ1) is 14.8. The minimum Gasteiger partial charge on any atom is -0.495 e. The zero-order valence-corrected chi connectivity index (χ0v) is 12.6. The highest BCUT2D eigenvalue weighted by atomic mass is 16.5. The van der Waals surface area contributed by atoms with E-state index in [4.69, 9.17) is 9.47 Å². The molecule has 0 saturated heterocycles. The van der Waals surface area contributed by atoms with E-state index >= 15 is 0 Å². The number of benzene rings is 1. The van der Waals surface area contributed by atoms with Crippen LogP contribution in [0.1, 0.15) is 6.92 Å². The van der Waals surface area contributed by atoms with Crippen molar-refractivity contribution in [2.24, 2.45) is 0 Å². The molecule has 1 atom stereocenters. The molecular weight excluding hydrogens is 298 g/mol. The van der Waals surface area contributed by atoms with Crippen LogP contribution >= 0.6 is 0 Å². The number of amides is 2. The van der Waals surface area contributed by atoms with Crippen molar-refractivity contribution >= 4 is 23.3 Å². The lowest BCUT2D eigenvalue weighted by molar-refractivity contribution is -0.143. The van der Waals surface area contributed by atoms with Gasteiger partial charge in [-0.25, -0.2) is 4.98 Å². The molecule has 1 aliphatic heterocycles. The molecule has 1 aromatic carbocycles. The number of carbonyl (C=O) groups is 2. The van der Waals surface area contributed by atoms with Crippen LogP contribution in [0.5, 0.6) is 11.5 Å². The van der Waals surface area contributed by atoms with Crippen molar-refractivity contribution in [1.82, 2.24) is 4.98 Å². The van der Waals surface area contributed by atoms with E-state index < -0.39 is 17.4 Å². The van der Waals surface area contributed by atoms with Crippen molar-refractivity contribution in [2.45, 2.75) is 12.5 Å². The summed E-state index contributed by atoms with van der Waals surface area (Å²) in [5.41, 5.74) is -1.26. The van der Waals surface area contributed by atoms with Crippen molar-refractivity contribution in [3.8, 4) is 11.5 Å². The van der Waals surface area contributed by atoms with Crippen LogP contribution in [0.2, 0.25) is 0 Å². The van der Waals surface area contributed by atoms with Crippen LogP contribution in [0, 0.1) is 0 Å². The Labute approximate surface area is 132 Å². The van der Waals surface area contributed by atoms with Crippen LogP contribution < -0.4 is 20.1 Å². The molecule has 0 spiro atoms. The van der Waals surface area contributed by atoms with Crippen LogP contribution in [-0.2, 0) is 9.59 Å². The fourth-order valence-corrected chi connectivity index (χ4v) is 2.20. The van der Waals surface area contributed by atoms with Gasteiger partial charge in [0.25, 0.3) is 17.4 Å². The number of methoxy groups -OCH3 is 1. The minimum absolute atomic E-state index is 0.292. The normalized spacial score (nSPS) is 19.1. The number of carbonyl (C=O) groups excluding carboxylic acids is 2. The number of hydrogen-bond donors (Lipinski definition) is 2. The number of pyridine rings is 1. The van der Waals surface area contributed by atoms with Gasteiger partial charge >= 0.3 is 0 Å². The molecule has 7 heteroatoms. The van der Waals surface area contributed by atoms with E-state index in [-0.39, 0.29) is 0 Å². The highest BCUT2D eigenvalue weighted by Crippen LogP contribution is 2.33. The summed E-state index contributed by atoms with van der Waals surface area (Å²) in [5.74, 6) is -0.0716. The number of aromatic nitrogens is 1. The maximum atomic E-state index is 12.6. The van der Waals surface area contributed by atoms with E-state index in [1.54, 1.807) is 36.4 Å². The molecule has 2 aromatic rings. The molecule has 0 fully saturated rings. The lowest BCUT2D eigenvalue weighted by Crippen LogP contribution is -2.56. The number of fused-ring (bicyclic) bond motifs is 1. The predicted octanol–water partition coefficient (Wildman–Crippen LogP) is 1.82. The van der Waals surface area contributed by atoms with Gasteiger partial charge in [0.2, 0.25) is 0 Å². The summed E-state index contributed by atoms with van der Waals surface area (Å²) in [6.45, 7) is 1.41. The van der Waals surface area contributed by atoms with E-state index in [0.29, 0.717) is 23.0 Å². The van der Waals surface area contributed by atoms with Gasteiger partial charge in [0, 0.05) is 6.20 Å². The SMILES string of the molecule is COc1ccccc1NC(=O)[C@]1(C)Oc2cccnc2NC1=O. The molecule has 0 radical (unpaired) electrons. The van der Waals surface area contributed by atoms with Crippen LogP contribution in [0.15, 0.2) is 42.6 Å². The monoisotopic (exact) mass is 313 g/mol. The van der Waals surface area contributed by atoms with Crippen molar-refractivity contribution in [3.63, 3.8) is 0 Å². The van der Waals surface area contributed by atoms with Crippen LogP contribution in [-0.4, -0.2) is 29.5 Å². The third kappa shape index (κ3) is 2.57. The van der Waals surface area contributed by atoms with Gasteiger partial charge in [0.05, 0.1) is 12.8 Å². The van der Waals surface area contributed by atoms with Gasteiger partial charge in [0.1, 0.15) is 5.75 Å². The quantitative estimate of drug-likeness (QED) is 0.844. The number of rotatable bonds is 3. The average Bonchev–Trinajstić information content (AvgIpc) is 2.56. The van der Waals surface area contributed by atoms with Crippen molar-refractivity contribution < 1.29 is 19.1 Å². The lowest BCUT2D eigenvalue weighted by Gasteiger charge is -2.32. The first-order valence-electron chi connectivity index (χ1n) is 6.94. The Kier molecular flexibility index (Phi) is 3.61. The molecule has 1 aromatic heterocycles. The third-order valence-corrected chi connectivity index (χ3v) is 3.54. The van der Waals surface area contributed by atoms with E-state index in [0.717, 1.165) is 0 Å². The topological polar surface area (TPSA) is 89.6 Å². The molecule has 0 saturated carbocycles. The Hall–Kier alpha value is -3.09. The standard InChI is InChI=1S/C16H15N3O4/c1-16(14(20)18-10-6-3-4-7-11(10)22-2)15(21)19-13-12(23-16)8-5-9-17-13/h3-9H,1-2H3,(H,18,20)(H,17,19,21)/t16-/m0/s1. The number of ether oxygens (including phenoxy) is 2. The van der Waals surface area contributed by atoms with Crippen molar-refractivity contribution in [3.05, 3.63) is 42.6 Å². The summed E-state index contributed by atoms with van der Waals surface area (Å²) >= 11 is 0. The van der Waals surface area contributed by atoms with E-state index in [2.05, 4.69) is 15.6 Å². The second kappa shape index (κ2) is 5.60. The number of anilines is 2. The van der Waals surface area contributed by atoms with Crippen molar-refractivity contribution in [2.75, 3.05) is 17.7 Å². The van der Waals surface area contributed by atoms with Crippen LogP contribution in [0.3, 0.4) is 0 Å². The second-order valence-electron chi connectivity index (χ2n) is 5.09. The summed E-state index contributed by atoms with van der Waals surface area (Å²) in [7, 11) is 1.50. The third-order valence-electron chi connectivity index (χ3n) is 3.54. The molecule has 1 aliphatic rings. The van der Waals surface area contributed by atoms with Gasteiger partial charge in [-0.15, -0.1) is 0 Å². The molecule has 2 heterocycles. The average molecular weight is 313 g/mol. The van der Waals surface area contributed by atoms with Crippen LogP contribution in [0.25, 0.3) is 0 Å². The van der Waals surface area contributed by atoms with Crippen molar-refractivity contribution in [1.29, 1.82) is 0 Å². The zero-order chi connectivity index (χ0) is 16.4. The van der Waals surface area contributed by atoms with E-state index in [1.165, 1.54) is 20.2 Å². The summed E-state index contributed by atoms with van der Waals surface area (Å²) in [5, 5.41) is 5.24. The Morgan fingerprint density at radius 1 is 1.30 bits per heavy atom. The smallest absolute Gasteiger partial charge is 0.279 e. The molecule has 0 bridgehead atoms. The first-order chi connectivity index (χ1) is 11.0. The van der Waals surface area contributed by atoms with Crippen LogP contribution in [0.4, 0.5) is 11.5 Å². The summed E-state index contributed by atoms with van der Waals surface area (Å²) in [6, 6.07) is 10.2. The van der Waals surface area contributed by atoms with Gasteiger partial charge in [-0.2, -0.15) is 0 Å². The highest BCUT2D eigenvalue weighted by Gasteiger charge is 2.47. The highest BCUT2D eigenvalue weighted by molar-refractivity contribution is 6.18. The predicted molar refractivity (Wildman–Crippen MR) is 83.5 cm³/mol. The first-order valence-corrected chi connectivity index (χ1v) is 6.94. The molecule has 0 aliphatic carbocycles. The Balaban J connectivity index is 1.88. The lowest BCUT2D eigenvalue weighted by atomic mass is 10.0. The van der Waals surface area contributed by atoms with Gasteiger partial charge in [-0.05, 0) is 31.2 Å². The molecule has 118 valence electrons. The van der Waals surface area contributed by atoms with E-state index in [1.807, 2.05) is 0 Å². The molecule has 7 nitrogen and oxygen atoms in total. The minimum atomic E-state index is -1.71. The zero-order valence-electron chi connectivity index (χ0n) is 12.6. The van der Waals surface area contributed by atoms with Gasteiger partial charge in [-0.3, -0.25) is 9.59 Å². The largest absolute Gasteiger partial charge is 0.495 e. The molecule has 0 unspecified atom stereocenters.